The van der Waals surface area contributed by atoms with Gasteiger partial charge in [0, 0.05) is 26.2 Å². The lowest BCUT2D eigenvalue weighted by molar-refractivity contribution is 0.362. The number of sulfonamides is 1. The Kier molecular flexibility index (Phi) is 4.30. The lowest BCUT2D eigenvalue weighted by Crippen LogP contribution is -2.48. The normalized spacial score (nSPS) is 17.9. The summed E-state index contributed by atoms with van der Waals surface area (Å²) < 4.78 is 50.8. The van der Waals surface area contributed by atoms with Gasteiger partial charge in [0.15, 0.2) is 0 Å². The van der Waals surface area contributed by atoms with E-state index in [2.05, 4.69) is 10.0 Å². The van der Waals surface area contributed by atoms with Gasteiger partial charge in [-0.25, -0.2) is 13.6 Å². The second-order valence-electron chi connectivity index (χ2n) is 4.30. The molecule has 1 aromatic carbocycles. The number of benzene rings is 1. The van der Waals surface area contributed by atoms with Crippen molar-refractivity contribution in [2.75, 3.05) is 30.9 Å². The number of nitrogens with one attached hydrogen (secondary N) is 2. The van der Waals surface area contributed by atoms with Gasteiger partial charge in [-0.05, 0) is 12.1 Å². The molecule has 1 aliphatic heterocycles. The summed E-state index contributed by atoms with van der Waals surface area (Å²) in [6.07, 6.45) is 0. The first-order valence-electron chi connectivity index (χ1n) is 5.91. The highest BCUT2D eigenvalue weighted by molar-refractivity contribution is 7.91. The Balaban J connectivity index is 2.30. The second kappa shape index (κ2) is 5.66. The summed E-state index contributed by atoms with van der Waals surface area (Å²) in [5, 5.41) is 8.11. The van der Waals surface area contributed by atoms with Gasteiger partial charge >= 0.3 is 10.2 Å². The highest BCUT2D eigenvalue weighted by Gasteiger charge is 2.25. The molecule has 1 heterocycles. The third kappa shape index (κ3) is 3.46. The van der Waals surface area contributed by atoms with E-state index in [0.29, 0.717) is 26.2 Å². The zero-order valence-corrected chi connectivity index (χ0v) is 12.2. The number of nitrogens with zero attached hydrogens (tertiary/aromatic N) is 1. The topological polar surface area (TPSA) is 122 Å². The molecule has 112 valence electrons. The van der Waals surface area contributed by atoms with Crippen LogP contribution in [0, 0.1) is 0 Å². The average molecular weight is 320 g/mol. The Morgan fingerprint density at radius 2 is 1.70 bits per heavy atom. The van der Waals surface area contributed by atoms with Crippen molar-refractivity contribution >= 4 is 25.9 Å². The fourth-order valence-electron chi connectivity index (χ4n) is 1.89. The maximum atomic E-state index is 12.2. The van der Waals surface area contributed by atoms with E-state index in [9.17, 15) is 16.8 Å². The van der Waals surface area contributed by atoms with E-state index in [1.807, 2.05) is 0 Å². The van der Waals surface area contributed by atoms with E-state index in [0.717, 1.165) is 0 Å². The molecule has 0 spiro atoms. The van der Waals surface area contributed by atoms with Gasteiger partial charge in [-0.15, -0.1) is 0 Å². The number of hydrogen-bond donors (Lipinski definition) is 3. The van der Waals surface area contributed by atoms with Crippen LogP contribution >= 0.6 is 0 Å². The van der Waals surface area contributed by atoms with Crippen LogP contribution in [0.25, 0.3) is 0 Å². The van der Waals surface area contributed by atoms with Crippen LogP contribution in [0.1, 0.15) is 0 Å². The Hall–Kier alpha value is -1.20. The van der Waals surface area contributed by atoms with Gasteiger partial charge < -0.3 is 5.32 Å². The highest BCUT2D eigenvalue weighted by atomic mass is 32.2. The third-order valence-corrected chi connectivity index (χ3v) is 5.34. The molecule has 0 aromatic heterocycles. The first-order chi connectivity index (χ1) is 9.31. The van der Waals surface area contributed by atoms with Crippen molar-refractivity contribution in [3.63, 3.8) is 0 Å². The summed E-state index contributed by atoms with van der Waals surface area (Å²) in [6.45, 7) is 1.76. The van der Waals surface area contributed by atoms with Gasteiger partial charge in [-0.1, -0.05) is 12.1 Å². The minimum absolute atomic E-state index is 0.0477. The van der Waals surface area contributed by atoms with Crippen LogP contribution in [0.2, 0.25) is 0 Å². The number of rotatable bonds is 4. The maximum absolute atomic E-state index is 12.2. The minimum atomic E-state index is -3.99. The summed E-state index contributed by atoms with van der Waals surface area (Å²) in [6, 6.07) is 5.62. The molecule has 8 nitrogen and oxygen atoms in total. The van der Waals surface area contributed by atoms with Crippen molar-refractivity contribution in [1.29, 1.82) is 0 Å². The van der Waals surface area contributed by atoms with Crippen molar-refractivity contribution in [2.45, 2.75) is 4.90 Å². The SMILES string of the molecule is NS(=O)(=O)c1ccccc1NS(=O)(=O)N1CCNCC1. The molecule has 10 heteroatoms. The van der Waals surface area contributed by atoms with Gasteiger partial charge in [-0.2, -0.15) is 12.7 Å². The van der Waals surface area contributed by atoms with E-state index in [1.54, 1.807) is 0 Å². The quantitative estimate of drug-likeness (QED) is 0.650. The van der Waals surface area contributed by atoms with Crippen molar-refractivity contribution < 1.29 is 16.8 Å². The molecule has 0 saturated carbocycles. The van der Waals surface area contributed by atoms with Crippen molar-refractivity contribution in [3.05, 3.63) is 24.3 Å². The first-order valence-corrected chi connectivity index (χ1v) is 8.90. The third-order valence-electron chi connectivity index (χ3n) is 2.85. The monoisotopic (exact) mass is 320 g/mol. The molecule has 1 fully saturated rings. The smallest absolute Gasteiger partial charge is 0.301 e. The molecule has 2 rings (SSSR count). The summed E-state index contributed by atoms with van der Waals surface area (Å²) in [5.41, 5.74) is -0.0477. The van der Waals surface area contributed by atoms with Gasteiger partial charge in [0.1, 0.15) is 4.90 Å². The van der Waals surface area contributed by atoms with Gasteiger partial charge in [0.25, 0.3) is 0 Å². The summed E-state index contributed by atoms with van der Waals surface area (Å²) in [5.74, 6) is 0. The number of anilines is 1. The van der Waals surface area contributed by atoms with E-state index in [4.69, 9.17) is 5.14 Å². The molecule has 0 unspecified atom stereocenters. The Morgan fingerprint density at radius 3 is 2.30 bits per heavy atom. The minimum Gasteiger partial charge on any atom is -0.314 e. The van der Waals surface area contributed by atoms with Gasteiger partial charge in [0.2, 0.25) is 10.0 Å². The summed E-state index contributed by atoms with van der Waals surface area (Å²) >= 11 is 0. The molecular weight excluding hydrogens is 304 g/mol. The van der Waals surface area contributed by atoms with Crippen LogP contribution in [-0.2, 0) is 20.2 Å². The second-order valence-corrected chi connectivity index (χ2v) is 7.50. The van der Waals surface area contributed by atoms with Crippen molar-refractivity contribution in [2.24, 2.45) is 5.14 Å². The number of piperazine rings is 1. The van der Waals surface area contributed by atoms with E-state index < -0.39 is 20.2 Å². The Morgan fingerprint density at radius 1 is 1.10 bits per heavy atom. The molecular formula is C10H16N4O4S2. The average Bonchev–Trinajstić information content (AvgIpc) is 2.39. The summed E-state index contributed by atoms with van der Waals surface area (Å²) in [7, 11) is -7.79. The molecule has 4 N–H and O–H groups in total. The maximum Gasteiger partial charge on any atom is 0.301 e. The molecule has 1 aliphatic rings. The fraction of sp³-hybridized carbons (Fsp3) is 0.400. The van der Waals surface area contributed by atoms with Crippen LogP contribution in [-0.4, -0.2) is 47.3 Å². The lowest BCUT2D eigenvalue weighted by atomic mass is 10.3. The lowest BCUT2D eigenvalue weighted by Gasteiger charge is -2.27. The predicted octanol–water partition coefficient (Wildman–Crippen LogP) is -1.10. The largest absolute Gasteiger partial charge is 0.314 e. The Labute approximate surface area is 118 Å². The van der Waals surface area contributed by atoms with Crippen LogP contribution in [0.5, 0.6) is 0 Å². The van der Waals surface area contributed by atoms with Crippen LogP contribution in [0.15, 0.2) is 29.2 Å². The van der Waals surface area contributed by atoms with Crippen LogP contribution in [0.4, 0.5) is 5.69 Å². The van der Waals surface area contributed by atoms with Crippen molar-refractivity contribution in [3.8, 4) is 0 Å². The molecule has 0 atom stereocenters. The van der Waals surface area contributed by atoms with Gasteiger partial charge in [-0.3, -0.25) is 4.72 Å². The van der Waals surface area contributed by atoms with Crippen LogP contribution < -0.4 is 15.2 Å². The van der Waals surface area contributed by atoms with Crippen LogP contribution in [0.3, 0.4) is 0 Å². The standard InChI is InChI=1S/C10H16N4O4S2/c11-19(15,16)10-4-2-1-3-9(10)13-20(17,18)14-7-5-12-6-8-14/h1-4,12-13H,5-8H2,(H2,11,15,16). The number of nitrogens with two attached hydrogens (primary N) is 1. The van der Waals surface area contributed by atoms with E-state index >= 15 is 0 Å². The predicted molar refractivity (Wildman–Crippen MR) is 74.8 cm³/mol. The fourth-order valence-corrected chi connectivity index (χ4v) is 3.89. The van der Waals surface area contributed by atoms with E-state index in [1.165, 1.54) is 28.6 Å². The number of para-hydroxylation sites is 1. The first kappa shape index (κ1) is 15.2. The number of primary sulfonamides is 1. The highest BCUT2D eigenvalue weighted by Crippen LogP contribution is 2.21. The molecule has 20 heavy (non-hydrogen) atoms. The molecule has 0 radical (unpaired) electrons. The molecule has 1 aromatic rings. The van der Waals surface area contributed by atoms with Crippen molar-refractivity contribution in [1.82, 2.24) is 9.62 Å². The molecule has 0 bridgehead atoms. The van der Waals surface area contributed by atoms with Gasteiger partial charge in [0.05, 0.1) is 5.69 Å². The Bertz CT molecular complexity index is 681. The zero-order valence-electron chi connectivity index (χ0n) is 10.6. The van der Waals surface area contributed by atoms with E-state index in [-0.39, 0.29) is 10.6 Å². The molecule has 1 saturated heterocycles. The number of hydrogen-bond acceptors (Lipinski definition) is 5. The zero-order chi connectivity index (χ0) is 14.8. The molecule has 0 amide bonds. The summed E-state index contributed by atoms with van der Waals surface area (Å²) in [4.78, 5) is -0.251. The molecule has 0 aliphatic carbocycles.